The van der Waals surface area contributed by atoms with Gasteiger partial charge >= 0.3 is 12.0 Å². The summed E-state index contributed by atoms with van der Waals surface area (Å²) < 4.78 is 5.36. The second-order valence-electron chi connectivity index (χ2n) is 5.56. The number of hydrogen-bond donors (Lipinski definition) is 2. The summed E-state index contributed by atoms with van der Waals surface area (Å²) in [6.45, 7) is 4.97. The standard InChI is InChI=1S/C13H22N2O4/c1-9(12(16)17)11-6-15(7-11)13(18)14-5-10-3-2-4-19-8-10/h9-11H,2-8H2,1H3,(H,14,18)(H,16,17). The van der Waals surface area contributed by atoms with Crippen molar-refractivity contribution in [1.82, 2.24) is 10.2 Å². The first kappa shape index (κ1) is 14.1. The van der Waals surface area contributed by atoms with E-state index in [4.69, 9.17) is 9.84 Å². The number of carbonyl (C=O) groups is 2. The molecule has 2 N–H and O–H groups in total. The predicted octanol–water partition coefficient (Wildman–Crippen LogP) is 0.775. The summed E-state index contributed by atoms with van der Waals surface area (Å²) in [5.74, 6) is -0.672. The summed E-state index contributed by atoms with van der Waals surface area (Å²) in [6, 6.07) is -0.0839. The van der Waals surface area contributed by atoms with Gasteiger partial charge in [0, 0.05) is 32.2 Å². The highest BCUT2D eigenvalue weighted by molar-refractivity contribution is 5.76. The molecule has 0 aliphatic carbocycles. The summed E-state index contributed by atoms with van der Waals surface area (Å²) in [7, 11) is 0. The van der Waals surface area contributed by atoms with Crippen LogP contribution in [0.1, 0.15) is 19.8 Å². The highest BCUT2D eigenvalue weighted by Crippen LogP contribution is 2.24. The molecule has 2 amide bonds. The number of hydrogen-bond acceptors (Lipinski definition) is 3. The topological polar surface area (TPSA) is 78.9 Å². The smallest absolute Gasteiger partial charge is 0.317 e. The van der Waals surface area contributed by atoms with Crippen molar-refractivity contribution in [2.24, 2.45) is 17.8 Å². The van der Waals surface area contributed by atoms with Crippen molar-refractivity contribution in [2.45, 2.75) is 19.8 Å². The van der Waals surface area contributed by atoms with Crippen LogP contribution < -0.4 is 5.32 Å². The molecule has 108 valence electrons. The van der Waals surface area contributed by atoms with Crippen molar-refractivity contribution < 1.29 is 19.4 Å². The van der Waals surface area contributed by atoms with E-state index in [9.17, 15) is 9.59 Å². The van der Waals surface area contributed by atoms with E-state index in [-0.39, 0.29) is 17.9 Å². The minimum Gasteiger partial charge on any atom is -0.481 e. The molecule has 0 aromatic carbocycles. The summed E-state index contributed by atoms with van der Waals surface area (Å²) in [4.78, 5) is 24.3. The van der Waals surface area contributed by atoms with Crippen LogP contribution in [0.5, 0.6) is 0 Å². The van der Waals surface area contributed by atoms with Gasteiger partial charge in [0.2, 0.25) is 0 Å². The van der Waals surface area contributed by atoms with Gasteiger partial charge in [0.25, 0.3) is 0 Å². The molecule has 2 aliphatic rings. The van der Waals surface area contributed by atoms with E-state index in [1.165, 1.54) is 0 Å². The number of carbonyl (C=O) groups excluding carboxylic acids is 1. The summed E-state index contributed by atoms with van der Waals surface area (Å²) in [5, 5.41) is 11.8. The Labute approximate surface area is 113 Å². The van der Waals surface area contributed by atoms with Crippen LogP contribution in [0.3, 0.4) is 0 Å². The van der Waals surface area contributed by atoms with E-state index < -0.39 is 5.97 Å². The number of carboxylic acids is 1. The number of rotatable bonds is 4. The van der Waals surface area contributed by atoms with Crippen LogP contribution in [0.4, 0.5) is 4.79 Å². The highest BCUT2D eigenvalue weighted by Gasteiger charge is 2.37. The number of carboxylic acid groups (broad SMARTS) is 1. The van der Waals surface area contributed by atoms with Crippen LogP contribution in [-0.2, 0) is 9.53 Å². The molecule has 2 fully saturated rings. The van der Waals surface area contributed by atoms with E-state index in [0.717, 1.165) is 26.1 Å². The van der Waals surface area contributed by atoms with Gasteiger partial charge in [-0.1, -0.05) is 6.92 Å². The summed E-state index contributed by atoms with van der Waals surface area (Å²) >= 11 is 0. The molecule has 19 heavy (non-hydrogen) atoms. The predicted molar refractivity (Wildman–Crippen MR) is 68.8 cm³/mol. The molecule has 6 heteroatoms. The van der Waals surface area contributed by atoms with Crippen LogP contribution >= 0.6 is 0 Å². The molecule has 2 aliphatic heterocycles. The minimum atomic E-state index is -0.788. The van der Waals surface area contributed by atoms with Gasteiger partial charge in [-0.3, -0.25) is 4.79 Å². The van der Waals surface area contributed by atoms with Gasteiger partial charge in [-0.2, -0.15) is 0 Å². The van der Waals surface area contributed by atoms with Crippen molar-refractivity contribution in [2.75, 3.05) is 32.8 Å². The largest absolute Gasteiger partial charge is 0.481 e. The van der Waals surface area contributed by atoms with Crippen LogP contribution in [0, 0.1) is 17.8 Å². The van der Waals surface area contributed by atoms with Crippen molar-refractivity contribution in [1.29, 1.82) is 0 Å². The third-order valence-electron chi connectivity index (χ3n) is 4.09. The first-order valence-electron chi connectivity index (χ1n) is 6.91. The third-order valence-corrected chi connectivity index (χ3v) is 4.09. The van der Waals surface area contributed by atoms with Gasteiger partial charge in [0.05, 0.1) is 12.5 Å². The fourth-order valence-corrected chi connectivity index (χ4v) is 2.51. The number of ether oxygens (including phenoxy) is 1. The molecule has 0 bridgehead atoms. The molecule has 0 saturated carbocycles. The second kappa shape index (κ2) is 6.23. The van der Waals surface area contributed by atoms with Crippen LogP contribution in [0.25, 0.3) is 0 Å². The number of aliphatic carboxylic acids is 1. The lowest BCUT2D eigenvalue weighted by Gasteiger charge is -2.41. The maximum Gasteiger partial charge on any atom is 0.317 e. The number of nitrogens with zero attached hydrogens (tertiary/aromatic N) is 1. The summed E-state index contributed by atoms with van der Waals surface area (Å²) in [5.41, 5.74) is 0. The SMILES string of the molecule is CC(C(=O)O)C1CN(C(=O)NCC2CCCOC2)C1. The van der Waals surface area contributed by atoms with E-state index in [1.54, 1.807) is 11.8 Å². The van der Waals surface area contributed by atoms with Crippen molar-refractivity contribution >= 4 is 12.0 Å². The molecule has 6 nitrogen and oxygen atoms in total. The number of urea groups is 1. The molecule has 0 aromatic heterocycles. The maximum atomic E-state index is 11.8. The zero-order valence-electron chi connectivity index (χ0n) is 11.3. The Morgan fingerprint density at radius 1 is 1.47 bits per heavy atom. The Hall–Kier alpha value is -1.30. The molecule has 2 atom stereocenters. The van der Waals surface area contributed by atoms with Crippen molar-refractivity contribution in [3.8, 4) is 0 Å². The van der Waals surface area contributed by atoms with Gasteiger partial charge in [-0.05, 0) is 18.8 Å². The van der Waals surface area contributed by atoms with Crippen LogP contribution in [0.2, 0.25) is 0 Å². The van der Waals surface area contributed by atoms with Gasteiger partial charge in [-0.25, -0.2) is 4.79 Å². The zero-order chi connectivity index (χ0) is 13.8. The van der Waals surface area contributed by atoms with Gasteiger partial charge in [0.1, 0.15) is 0 Å². The van der Waals surface area contributed by atoms with E-state index >= 15 is 0 Å². The first-order chi connectivity index (χ1) is 9.08. The molecular weight excluding hydrogens is 248 g/mol. The van der Waals surface area contributed by atoms with Crippen LogP contribution in [0.15, 0.2) is 0 Å². The Kier molecular flexibility index (Phi) is 4.63. The second-order valence-corrected chi connectivity index (χ2v) is 5.56. The molecule has 2 saturated heterocycles. The number of nitrogens with one attached hydrogen (secondary N) is 1. The van der Waals surface area contributed by atoms with Gasteiger partial charge in [0.15, 0.2) is 0 Å². The molecule has 0 spiro atoms. The number of amides is 2. The molecule has 0 radical (unpaired) electrons. The molecule has 2 unspecified atom stereocenters. The zero-order valence-corrected chi connectivity index (χ0v) is 11.3. The minimum absolute atomic E-state index is 0.0839. The Balaban J connectivity index is 1.64. The molecule has 0 aromatic rings. The highest BCUT2D eigenvalue weighted by atomic mass is 16.5. The monoisotopic (exact) mass is 270 g/mol. The first-order valence-corrected chi connectivity index (χ1v) is 6.91. The fourth-order valence-electron chi connectivity index (χ4n) is 2.51. The van der Waals surface area contributed by atoms with E-state index in [0.29, 0.717) is 25.6 Å². The lowest BCUT2D eigenvalue weighted by atomic mass is 9.87. The Morgan fingerprint density at radius 3 is 2.79 bits per heavy atom. The molecular formula is C13H22N2O4. The van der Waals surface area contributed by atoms with Gasteiger partial charge in [-0.15, -0.1) is 0 Å². The van der Waals surface area contributed by atoms with Crippen molar-refractivity contribution in [3.05, 3.63) is 0 Å². The average molecular weight is 270 g/mol. The number of likely N-dealkylation sites (tertiary alicyclic amines) is 1. The maximum absolute atomic E-state index is 11.8. The third kappa shape index (κ3) is 3.59. The normalized spacial score (nSPS) is 25.5. The lowest BCUT2D eigenvalue weighted by molar-refractivity contribution is -0.144. The quantitative estimate of drug-likeness (QED) is 0.791. The molecule has 2 rings (SSSR count). The van der Waals surface area contributed by atoms with Crippen molar-refractivity contribution in [3.63, 3.8) is 0 Å². The van der Waals surface area contributed by atoms with Crippen LogP contribution in [-0.4, -0.2) is 54.9 Å². The van der Waals surface area contributed by atoms with Gasteiger partial charge < -0.3 is 20.1 Å². The lowest BCUT2D eigenvalue weighted by Crippen LogP contribution is -2.57. The average Bonchev–Trinajstić information content (AvgIpc) is 2.35. The Morgan fingerprint density at radius 2 is 2.21 bits per heavy atom. The Bertz CT molecular complexity index is 336. The van der Waals surface area contributed by atoms with E-state index in [1.807, 2.05) is 0 Å². The molecule has 2 heterocycles. The summed E-state index contributed by atoms with van der Waals surface area (Å²) in [6.07, 6.45) is 2.15. The van der Waals surface area contributed by atoms with E-state index in [2.05, 4.69) is 5.32 Å². The fraction of sp³-hybridized carbons (Fsp3) is 0.846.